The van der Waals surface area contributed by atoms with E-state index >= 15 is 0 Å². The summed E-state index contributed by atoms with van der Waals surface area (Å²) >= 11 is 0. The third kappa shape index (κ3) is 2.71. The van der Waals surface area contributed by atoms with E-state index in [-0.39, 0.29) is 11.3 Å². The summed E-state index contributed by atoms with van der Waals surface area (Å²) in [7, 11) is 0. The molecule has 1 aliphatic heterocycles. The van der Waals surface area contributed by atoms with Gasteiger partial charge in [-0.1, -0.05) is 20.8 Å². The second-order valence-electron chi connectivity index (χ2n) is 4.55. The van der Waals surface area contributed by atoms with Crippen LogP contribution in [0.15, 0.2) is 0 Å². The molecule has 0 bridgehead atoms. The smallest absolute Gasteiger partial charge is 0.227 e. The van der Waals surface area contributed by atoms with Gasteiger partial charge in [0, 0.05) is 12.6 Å². The Labute approximate surface area is 93.0 Å². The van der Waals surface area contributed by atoms with Gasteiger partial charge in [0.2, 0.25) is 5.91 Å². The second-order valence-corrected chi connectivity index (χ2v) is 4.55. The van der Waals surface area contributed by atoms with Crippen molar-refractivity contribution in [1.29, 1.82) is 0 Å². The number of carbonyl (C=O) groups excluding carboxylic acids is 1. The van der Waals surface area contributed by atoms with E-state index < -0.39 is 0 Å². The van der Waals surface area contributed by atoms with Gasteiger partial charge in [0.1, 0.15) is 0 Å². The van der Waals surface area contributed by atoms with Crippen LogP contribution in [0.5, 0.6) is 0 Å². The molecule has 0 saturated carbocycles. The summed E-state index contributed by atoms with van der Waals surface area (Å²) in [4.78, 5) is 12.2. The average Bonchev–Trinajstić information content (AvgIpc) is 2.75. The Balaban J connectivity index is 2.57. The molecule has 1 unspecified atom stereocenters. The minimum Gasteiger partial charge on any atom is -0.353 e. The zero-order valence-corrected chi connectivity index (χ0v) is 10.2. The summed E-state index contributed by atoms with van der Waals surface area (Å²) in [6.07, 6.45) is 3.96. The molecular formula is C12H24N2O. The molecule has 3 nitrogen and oxygen atoms in total. The van der Waals surface area contributed by atoms with E-state index in [0.717, 1.165) is 38.8 Å². The van der Waals surface area contributed by atoms with Crippen LogP contribution in [0, 0.1) is 5.41 Å². The first-order chi connectivity index (χ1) is 7.18. The molecule has 1 aliphatic rings. The van der Waals surface area contributed by atoms with Crippen molar-refractivity contribution in [3.8, 4) is 0 Å². The van der Waals surface area contributed by atoms with Gasteiger partial charge in [-0.3, -0.25) is 4.79 Å². The number of rotatable bonds is 5. The zero-order chi connectivity index (χ0) is 11.3. The third-order valence-electron chi connectivity index (χ3n) is 3.72. The van der Waals surface area contributed by atoms with Crippen LogP contribution in [0.1, 0.15) is 46.5 Å². The second kappa shape index (κ2) is 5.50. The van der Waals surface area contributed by atoms with E-state index in [1.807, 2.05) is 0 Å². The predicted octanol–water partition coefficient (Wildman–Crippen LogP) is 1.68. The molecule has 0 radical (unpaired) electrons. The highest BCUT2D eigenvalue weighted by Crippen LogP contribution is 2.29. The van der Waals surface area contributed by atoms with E-state index in [0.29, 0.717) is 6.04 Å². The standard InChI is InChI=1S/C12H24N2O/c1-4-10(5-2)14-11(15)12(6-3)7-8-13-9-12/h10,13H,4-9H2,1-3H3,(H,14,15). The number of hydrogen-bond acceptors (Lipinski definition) is 2. The molecule has 0 aromatic rings. The number of amides is 1. The van der Waals surface area contributed by atoms with Crippen LogP contribution in [-0.4, -0.2) is 25.0 Å². The van der Waals surface area contributed by atoms with Crippen molar-refractivity contribution in [3.63, 3.8) is 0 Å². The van der Waals surface area contributed by atoms with Gasteiger partial charge in [0.05, 0.1) is 5.41 Å². The van der Waals surface area contributed by atoms with Gasteiger partial charge in [-0.2, -0.15) is 0 Å². The first-order valence-corrected chi connectivity index (χ1v) is 6.20. The quantitative estimate of drug-likeness (QED) is 0.728. The van der Waals surface area contributed by atoms with Crippen molar-refractivity contribution in [3.05, 3.63) is 0 Å². The lowest BCUT2D eigenvalue weighted by atomic mass is 9.83. The minimum atomic E-state index is -0.136. The van der Waals surface area contributed by atoms with Crippen LogP contribution >= 0.6 is 0 Å². The number of hydrogen-bond donors (Lipinski definition) is 2. The van der Waals surface area contributed by atoms with Crippen LogP contribution in [0.25, 0.3) is 0 Å². The Kier molecular flexibility index (Phi) is 4.58. The van der Waals surface area contributed by atoms with E-state index in [4.69, 9.17) is 0 Å². The fourth-order valence-corrected chi connectivity index (χ4v) is 2.23. The molecule has 0 aromatic carbocycles. The SMILES string of the molecule is CCC(CC)NC(=O)C1(CC)CCNC1. The van der Waals surface area contributed by atoms with E-state index in [9.17, 15) is 4.79 Å². The van der Waals surface area contributed by atoms with Gasteiger partial charge in [0.25, 0.3) is 0 Å². The van der Waals surface area contributed by atoms with E-state index in [1.54, 1.807) is 0 Å². The molecule has 1 amide bonds. The van der Waals surface area contributed by atoms with Crippen LogP contribution < -0.4 is 10.6 Å². The monoisotopic (exact) mass is 212 g/mol. The van der Waals surface area contributed by atoms with Crippen molar-refractivity contribution in [2.75, 3.05) is 13.1 Å². The van der Waals surface area contributed by atoms with Crippen molar-refractivity contribution >= 4 is 5.91 Å². The van der Waals surface area contributed by atoms with Gasteiger partial charge in [0.15, 0.2) is 0 Å². The Bertz CT molecular complexity index is 206. The molecule has 2 N–H and O–H groups in total. The zero-order valence-electron chi connectivity index (χ0n) is 10.2. The Hall–Kier alpha value is -0.570. The largest absolute Gasteiger partial charge is 0.353 e. The third-order valence-corrected chi connectivity index (χ3v) is 3.72. The molecule has 1 heterocycles. The number of carbonyl (C=O) groups is 1. The predicted molar refractivity (Wildman–Crippen MR) is 62.7 cm³/mol. The van der Waals surface area contributed by atoms with E-state index in [1.165, 1.54) is 0 Å². The molecule has 0 aliphatic carbocycles. The van der Waals surface area contributed by atoms with Gasteiger partial charge in [-0.25, -0.2) is 0 Å². The molecule has 15 heavy (non-hydrogen) atoms. The number of nitrogens with one attached hydrogen (secondary N) is 2. The molecule has 1 saturated heterocycles. The van der Waals surface area contributed by atoms with E-state index in [2.05, 4.69) is 31.4 Å². The summed E-state index contributed by atoms with van der Waals surface area (Å²) in [6.45, 7) is 8.18. The lowest BCUT2D eigenvalue weighted by molar-refractivity contribution is -0.131. The average molecular weight is 212 g/mol. The van der Waals surface area contributed by atoms with Crippen LogP contribution in [0.3, 0.4) is 0 Å². The van der Waals surface area contributed by atoms with Crippen molar-refractivity contribution < 1.29 is 4.79 Å². The molecule has 1 atom stereocenters. The summed E-state index contributed by atoms with van der Waals surface area (Å²) in [5.74, 6) is 0.253. The van der Waals surface area contributed by atoms with Gasteiger partial charge in [-0.15, -0.1) is 0 Å². The highest BCUT2D eigenvalue weighted by Gasteiger charge is 2.39. The summed E-state index contributed by atoms with van der Waals surface area (Å²) < 4.78 is 0. The molecular weight excluding hydrogens is 188 g/mol. The normalized spacial score (nSPS) is 25.9. The topological polar surface area (TPSA) is 41.1 Å². The maximum absolute atomic E-state index is 12.2. The van der Waals surface area contributed by atoms with Crippen LogP contribution in [-0.2, 0) is 4.79 Å². The summed E-state index contributed by atoms with van der Waals surface area (Å²) in [5, 5.41) is 6.46. The summed E-state index contributed by atoms with van der Waals surface area (Å²) in [6, 6.07) is 0.349. The highest BCUT2D eigenvalue weighted by molar-refractivity contribution is 5.83. The molecule has 88 valence electrons. The van der Waals surface area contributed by atoms with Crippen molar-refractivity contribution in [1.82, 2.24) is 10.6 Å². The van der Waals surface area contributed by atoms with Gasteiger partial charge in [-0.05, 0) is 32.2 Å². The fourth-order valence-electron chi connectivity index (χ4n) is 2.23. The molecule has 0 spiro atoms. The maximum atomic E-state index is 12.2. The van der Waals surface area contributed by atoms with Gasteiger partial charge >= 0.3 is 0 Å². The van der Waals surface area contributed by atoms with Gasteiger partial charge < -0.3 is 10.6 Å². The lowest BCUT2D eigenvalue weighted by Crippen LogP contribution is -2.46. The van der Waals surface area contributed by atoms with Crippen LogP contribution in [0.2, 0.25) is 0 Å². The Morgan fingerprint density at radius 3 is 2.47 bits per heavy atom. The first kappa shape index (κ1) is 12.5. The Morgan fingerprint density at radius 2 is 2.07 bits per heavy atom. The maximum Gasteiger partial charge on any atom is 0.227 e. The van der Waals surface area contributed by atoms with Crippen molar-refractivity contribution in [2.45, 2.75) is 52.5 Å². The highest BCUT2D eigenvalue weighted by atomic mass is 16.2. The molecule has 3 heteroatoms. The van der Waals surface area contributed by atoms with Crippen molar-refractivity contribution in [2.24, 2.45) is 5.41 Å². The summed E-state index contributed by atoms with van der Waals surface area (Å²) in [5.41, 5.74) is -0.136. The minimum absolute atomic E-state index is 0.136. The Morgan fingerprint density at radius 1 is 1.40 bits per heavy atom. The lowest BCUT2D eigenvalue weighted by Gasteiger charge is -2.28. The fraction of sp³-hybridized carbons (Fsp3) is 0.917. The molecule has 0 aromatic heterocycles. The molecule has 1 fully saturated rings. The molecule has 1 rings (SSSR count). The van der Waals surface area contributed by atoms with Crippen LogP contribution in [0.4, 0.5) is 0 Å². The first-order valence-electron chi connectivity index (χ1n) is 6.20.